The van der Waals surface area contributed by atoms with Crippen LogP contribution in [0.25, 0.3) is 10.8 Å². The van der Waals surface area contributed by atoms with E-state index in [0.29, 0.717) is 23.9 Å². The van der Waals surface area contributed by atoms with Crippen LogP contribution in [0.2, 0.25) is 0 Å². The van der Waals surface area contributed by atoms with Crippen molar-refractivity contribution in [2.75, 3.05) is 6.54 Å². The van der Waals surface area contributed by atoms with E-state index in [-0.39, 0.29) is 36.3 Å². The smallest absolute Gasteiger partial charge is 0.271 e. The van der Waals surface area contributed by atoms with Gasteiger partial charge in [0.15, 0.2) is 10.8 Å². The van der Waals surface area contributed by atoms with Gasteiger partial charge >= 0.3 is 0 Å². The Morgan fingerprint density at radius 2 is 2.22 bits per heavy atom. The summed E-state index contributed by atoms with van der Waals surface area (Å²) in [6.45, 7) is 4.35. The van der Waals surface area contributed by atoms with E-state index in [1.807, 2.05) is 26.0 Å². The summed E-state index contributed by atoms with van der Waals surface area (Å²) in [5.41, 5.74) is 5.98. The van der Waals surface area contributed by atoms with Crippen molar-refractivity contribution < 1.29 is 9.21 Å². The second-order valence-corrected chi connectivity index (χ2v) is 6.95. The fraction of sp³-hybridized carbons (Fsp3) is 0.467. The number of aromatic nitrogens is 1. The summed E-state index contributed by atoms with van der Waals surface area (Å²) < 4.78 is 5.33. The third kappa shape index (κ3) is 4.07. The standard InChI is InChI=1S/C15H19N3O2S.2ClH/c1-9-12(17-14(21-9)11-4-3-7-20-11)13(19)18-15(2,8-16)10-5-6-10;;/h3-4,7,10H,5-6,8,16H2,1-2H3,(H,18,19);2*1H. The van der Waals surface area contributed by atoms with Gasteiger partial charge in [0, 0.05) is 11.4 Å². The molecule has 23 heavy (non-hydrogen) atoms. The lowest BCUT2D eigenvalue weighted by atomic mass is 9.96. The van der Waals surface area contributed by atoms with Gasteiger partial charge < -0.3 is 15.5 Å². The molecule has 1 aliphatic carbocycles. The lowest BCUT2D eigenvalue weighted by Gasteiger charge is -2.29. The molecule has 0 spiro atoms. The van der Waals surface area contributed by atoms with Crippen molar-refractivity contribution in [2.24, 2.45) is 11.7 Å². The lowest BCUT2D eigenvalue weighted by molar-refractivity contribution is 0.0893. The average molecular weight is 378 g/mol. The predicted octanol–water partition coefficient (Wildman–Crippen LogP) is 3.41. The van der Waals surface area contributed by atoms with Crippen LogP contribution in [0.1, 0.15) is 35.1 Å². The maximum Gasteiger partial charge on any atom is 0.271 e. The van der Waals surface area contributed by atoms with Gasteiger partial charge in [0.2, 0.25) is 0 Å². The highest BCUT2D eigenvalue weighted by atomic mass is 35.5. The van der Waals surface area contributed by atoms with Gasteiger partial charge in [-0.2, -0.15) is 0 Å². The number of nitrogens with one attached hydrogen (secondary N) is 1. The fourth-order valence-corrected chi connectivity index (χ4v) is 3.35. The van der Waals surface area contributed by atoms with Crippen LogP contribution in [0.5, 0.6) is 0 Å². The van der Waals surface area contributed by atoms with Crippen LogP contribution >= 0.6 is 36.2 Å². The number of rotatable bonds is 5. The molecule has 128 valence electrons. The molecule has 1 fully saturated rings. The number of halogens is 2. The largest absolute Gasteiger partial charge is 0.462 e. The van der Waals surface area contributed by atoms with Crippen molar-refractivity contribution in [2.45, 2.75) is 32.2 Å². The summed E-state index contributed by atoms with van der Waals surface area (Å²) >= 11 is 1.46. The Hall–Kier alpha value is -1.08. The fourth-order valence-electron chi connectivity index (χ4n) is 2.47. The van der Waals surface area contributed by atoms with Gasteiger partial charge in [0.25, 0.3) is 5.91 Å². The molecule has 3 N–H and O–H groups in total. The number of furan rings is 1. The molecule has 0 aromatic carbocycles. The van der Waals surface area contributed by atoms with Crippen LogP contribution in [0.4, 0.5) is 0 Å². The van der Waals surface area contributed by atoms with Crippen LogP contribution in [0, 0.1) is 12.8 Å². The van der Waals surface area contributed by atoms with Crippen molar-refractivity contribution in [3.63, 3.8) is 0 Å². The first-order valence-electron chi connectivity index (χ1n) is 7.07. The van der Waals surface area contributed by atoms with E-state index in [9.17, 15) is 4.79 Å². The monoisotopic (exact) mass is 377 g/mol. The summed E-state index contributed by atoms with van der Waals surface area (Å²) in [7, 11) is 0. The maximum atomic E-state index is 12.5. The quantitative estimate of drug-likeness (QED) is 0.836. The van der Waals surface area contributed by atoms with Crippen molar-refractivity contribution in [1.82, 2.24) is 10.3 Å². The Morgan fingerprint density at radius 3 is 2.74 bits per heavy atom. The Kier molecular flexibility index (Phi) is 6.65. The number of carbonyl (C=O) groups excluding carboxylic acids is 1. The van der Waals surface area contributed by atoms with Crippen molar-refractivity contribution in [3.05, 3.63) is 29.0 Å². The minimum atomic E-state index is -0.335. The second kappa shape index (κ2) is 7.66. The maximum absolute atomic E-state index is 12.5. The highest BCUT2D eigenvalue weighted by molar-refractivity contribution is 7.15. The van der Waals surface area contributed by atoms with Gasteiger partial charge in [-0.15, -0.1) is 36.2 Å². The number of thiazole rings is 1. The first-order valence-corrected chi connectivity index (χ1v) is 7.89. The molecule has 2 aromatic rings. The SMILES string of the molecule is Cc1sc(-c2ccco2)nc1C(=O)NC(C)(CN)C1CC1.Cl.Cl. The minimum Gasteiger partial charge on any atom is -0.462 e. The van der Waals surface area contributed by atoms with Crippen LogP contribution in [-0.4, -0.2) is 23.0 Å². The first kappa shape index (κ1) is 20.0. The number of carbonyl (C=O) groups is 1. The first-order chi connectivity index (χ1) is 10.0. The molecule has 1 saturated carbocycles. The molecule has 0 aliphatic heterocycles. The van der Waals surface area contributed by atoms with E-state index in [4.69, 9.17) is 10.2 Å². The van der Waals surface area contributed by atoms with Crippen molar-refractivity contribution in [3.8, 4) is 10.8 Å². The van der Waals surface area contributed by atoms with Crippen LogP contribution < -0.4 is 11.1 Å². The molecule has 2 aromatic heterocycles. The molecular weight excluding hydrogens is 357 g/mol. The number of aryl methyl sites for hydroxylation is 1. The topological polar surface area (TPSA) is 81.2 Å². The predicted molar refractivity (Wildman–Crippen MR) is 96.7 cm³/mol. The van der Waals surface area contributed by atoms with Crippen LogP contribution in [-0.2, 0) is 0 Å². The minimum absolute atomic E-state index is 0. The molecular formula is C15H21Cl2N3O2S. The highest BCUT2D eigenvalue weighted by Crippen LogP contribution is 2.39. The summed E-state index contributed by atoms with van der Waals surface area (Å²) in [4.78, 5) is 17.8. The van der Waals surface area contributed by atoms with Crippen molar-refractivity contribution >= 4 is 42.1 Å². The Labute approximate surface area is 151 Å². The van der Waals surface area contributed by atoms with Crippen molar-refractivity contribution in [1.29, 1.82) is 0 Å². The number of hydrogen-bond donors (Lipinski definition) is 2. The van der Waals surface area contributed by atoms with Crippen LogP contribution in [0.15, 0.2) is 22.8 Å². The van der Waals surface area contributed by atoms with Gasteiger partial charge in [-0.3, -0.25) is 4.79 Å². The van der Waals surface area contributed by atoms with Gasteiger partial charge in [0.05, 0.1) is 11.8 Å². The summed E-state index contributed by atoms with van der Waals surface area (Å²) in [6.07, 6.45) is 3.85. The number of nitrogens with zero attached hydrogens (tertiary/aromatic N) is 1. The number of hydrogen-bond acceptors (Lipinski definition) is 5. The average Bonchev–Trinajstić information content (AvgIpc) is 3.04. The number of nitrogens with two attached hydrogens (primary N) is 1. The molecule has 2 heterocycles. The van der Waals surface area contributed by atoms with E-state index < -0.39 is 0 Å². The molecule has 5 nitrogen and oxygen atoms in total. The molecule has 1 aliphatic rings. The molecule has 1 unspecified atom stereocenters. The van der Waals surface area contributed by atoms with E-state index in [1.54, 1.807) is 6.26 Å². The molecule has 0 bridgehead atoms. The normalized spacial score (nSPS) is 16.0. The van der Waals surface area contributed by atoms with Gasteiger partial charge in [0.1, 0.15) is 5.69 Å². The van der Waals surface area contributed by atoms with E-state index >= 15 is 0 Å². The van der Waals surface area contributed by atoms with E-state index in [1.165, 1.54) is 11.3 Å². The van der Waals surface area contributed by atoms with Crippen LogP contribution in [0.3, 0.4) is 0 Å². The Bertz CT molecular complexity index is 656. The summed E-state index contributed by atoms with van der Waals surface area (Å²) in [5.74, 6) is 1.02. The van der Waals surface area contributed by atoms with E-state index in [0.717, 1.165) is 22.7 Å². The number of amides is 1. The zero-order valence-corrected chi connectivity index (χ0v) is 15.4. The molecule has 1 amide bonds. The zero-order chi connectivity index (χ0) is 15.0. The molecule has 8 heteroatoms. The molecule has 1 atom stereocenters. The third-order valence-corrected chi connectivity index (χ3v) is 5.03. The highest BCUT2D eigenvalue weighted by Gasteiger charge is 2.42. The molecule has 3 rings (SSSR count). The summed E-state index contributed by atoms with van der Waals surface area (Å²) in [6, 6.07) is 3.65. The Morgan fingerprint density at radius 1 is 1.52 bits per heavy atom. The van der Waals surface area contributed by atoms with Gasteiger partial charge in [-0.1, -0.05) is 0 Å². The second-order valence-electron chi connectivity index (χ2n) is 5.75. The lowest BCUT2D eigenvalue weighted by Crippen LogP contribution is -2.53. The summed E-state index contributed by atoms with van der Waals surface area (Å²) in [5, 5.41) is 3.80. The van der Waals surface area contributed by atoms with E-state index in [2.05, 4.69) is 10.3 Å². The molecule has 0 radical (unpaired) electrons. The Balaban J connectivity index is 0.00000132. The van der Waals surface area contributed by atoms with Gasteiger partial charge in [-0.05, 0) is 44.7 Å². The third-order valence-electron chi connectivity index (χ3n) is 4.05. The van der Waals surface area contributed by atoms with Gasteiger partial charge in [-0.25, -0.2) is 4.98 Å². The molecule has 0 saturated heterocycles. The zero-order valence-electron chi connectivity index (χ0n) is 13.0.